The average Bonchev–Trinajstić information content (AvgIpc) is 3.23. The van der Waals surface area contributed by atoms with E-state index in [0.717, 1.165) is 43.6 Å². The van der Waals surface area contributed by atoms with Crippen molar-refractivity contribution in [3.8, 4) is 6.07 Å². The molecule has 3 aromatic rings. The van der Waals surface area contributed by atoms with Crippen LogP contribution in [0, 0.1) is 23.2 Å². The topological polar surface area (TPSA) is 61.9 Å². The van der Waals surface area contributed by atoms with Gasteiger partial charge in [0.15, 0.2) is 0 Å². The van der Waals surface area contributed by atoms with Gasteiger partial charge in [0.1, 0.15) is 0 Å². The predicted molar refractivity (Wildman–Crippen MR) is 117 cm³/mol. The second-order valence-corrected chi connectivity index (χ2v) is 8.02. The molecule has 30 heavy (non-hydrogen) atoms. The number of imidazole rings is 1. The number of aryl methyl sites for hydroxylation is 1. The number of aromatic nitrogens is 2. The Bertz CT molecular complexity index is 1030. The van der Waals surface area contributed by atoms with Crippen LogP contribution in [0.4, 0.5) is 5.69 Å². The summed E-state index contributed by atoms with van der Waals surface area (Å²) in [6.45, 7) is 3.58. The Morgan fingerprint density at radius 2 is 1.90 bits per heavy atom. The summed E-state index contributed by atoms with van der Waals surface area (Å²) in [5.41, 5.74) is 4.00. The number of para-hydroxylation sites is 1. The third-order valence-electron chi connectivity index (χ3n) is 6.16. The molecule has 2 atom stereocenters. The minimum atomic E-state index is 0.0221. The molecular weight excluding hydrogens is 372 g/mol. The van der Waals surface area contributed by atoms with Crippen LogP contribution in [-0.2, 0) is 17.8 Å². The second-order valence-electron chi connectivity index (χ2n) is 8.02. The highest BCUT2D eigenvalue weighted by atomic mass is 16.2. The Labute approximate surface area is 177 Å². The van der Waals surface area contributed by atoms with E-state index in [9.17, 15) is 4.79 Å². The molecule has 0 unspecified atom stereocenters. The molecule has 2 aromatic carbocycles. The van der Waals surface area contributed by atoms with Gasteiger partial charge in [0, 0.05) is 36.6 Å². The SMILES string of the molecule is C[C@@H]1C(=O)N(c2ccccc2)CC[C@@H]1CCc1cncn1Cc1ccc(C#N)cc1. The summed E-state index contributed by atoms with van der Waals surface area (Å²) in [6, 6.07) is 19.8. The number of amides is 1. The van der Waals surface area contributed by atoms with Gasteiger partial charge in [-0.15, -0.1) is 0 Å². The van der Waals surface area contributed by atoms with E-state index < -0.39 is 0 Å². The van der Waals surface area contributed by atoms with Gasteiger partial charge in [-0.2, -0.15) is 5.26 Å². The molecule has 5 nitrogen and oxygen atoms in total. The zero-order valence-corrected chi connectivity index (χ0v) is 17.2. The number of hydrogen-bond acceptors (Lipinski definition) is 3. The molecule has 0 bridgehead atoms. The minimum absolute atomic E-state index is 0.0221. The molecule has 4 rings (SSSR count). The van der Waals surface area contributed by atoms with Gasteiger partial charge in [0.05, 0.1) is 18.0 Å². The molecule has 2 heterocycles. The van der Waals surface area contributed by atoms with Crippen molar-refractivity contribution in [3.63, 3.8) is 0 Å². The highest BCUT2D eigenvalue weighted by Crippen LogP contribution is 2.31. The van der Waals surface area contributed by atoms with Crippen LogP contribution in [0.2, 0.25) is 0 Å². The number of anilines is 1. The molecule has 1 fully saturated rings. The third-order valence-corrected chi connectivity index (χ3v) is 6.16. The molecule has 1 aliphatic heterocycles. The standard InChI is InChI=1S/C25H26N4O/c1-19-22(13-14-29(25(19)30)23-5-3-2-4-6-23)11-12-24-16-27-18-28(24)17-21-9-7-20(15-26)8-10-21/h2-10,16,18-19,22H,11-14,17H2,1H3/t19-,22-/m0/s1. The van der Waals surface area contributed by atoms with Crippen molar-refractivity contribution in [3.05, 3.63) is 83.9 Å². The predicted octanol–water partition coefficient (Wildman–Crippen LogP) is 4.42. The van der Waals surface area contributed by atoms with Gasteiger partial charge in [0.2, 0.25) is 5.91 Å². The minimum Gasteiger partial charge on any atom is -0.330 e. The quantitative estimate of drug-likeness (QED) is 0.617. The summed E-state index contributed by atoms with van der Waals surface area (Å²) in [6.07, 6.45) is 6.69. The molecule has 0 aliphatic carbocycles. The second kappa shape index (κ2) is 8.96. The van der Waals surface area contributed by atoms with Crippen molar-refractivity contribution in [2.75, 3.05) is 11.4 Å². The van der Waals surface area contributed by atoms with E-state index in [2.05, 4.69) is 22.5 Å². The normalized spacial score (nSPS) is 18.9. The maximum atomic E-state index is 12.9. The first-order chi connectivity index (χ1) is 14.7. The molecule has 152 valence electrons. The van der Waals surface area contributed by atoms with E-state index in [0.29, 0.717) is 11.5 Å². The van der Waals surface area contributed by atoms with Crippen LogP contribution in [0.1, 0.15) is 36.6 Å². The van der Waals surface area contributed by atoms with Crippen LogP contribution < -0.4 is 4.90 Å². The van der Waals surface area contributed by atoms with Gasteiger partial charge in [-0.25, -0.2) is 4.98 Å². The summed E-state index contributed by atoms with van der Waals surface area (Å²) in [5, 5.41) is 8.95. The molecule has 0 radical (unpaired) electrons. The lowest BCUT2D eigenvalue weighted by atomic mass is 9.82. The van der Waals surface area contributed by atoms with Crippen LogP contribution in [0.3, 0.4) is 0 Å². The van der Waals surface area contributed by atoms with Crippen LogP contribution in [0.15, 0.2) is 67.1 Å². The van der Waals surface area contributed by atoms with Crippen molar-refractivity contribution in [1.82, 2.24) is 9.55 Å². The third kappa shape index (κ3) is 4.28. The van der Waals surface area contributed by atoms with Crippen molar-refractivity contribution >= 4 is 11.6 Å². The number of hydrogen-bond donors (Lipinski definition) is 0. The maximum absolute atomic E-state index is 12.9. The molecule has 1 aromatic heterocycles. The van der Waals surface area contributed by atoms with Gasteiger partial charge in [-0.05, 0) is 55.0 Å². The van der Waals surface area contributed by atoms with Crippen LogP contribution >= 0.6 is 0 Å². The smallest absolute Gasteiger partial charge is 0.230 e. The van der Waals surface area contributed by atoms with Gasteiger partial charge in [0.25, 0.3) is 0 Å². The summed E-state index contributed by atoms with van der Waals surface area (Å²) in [5.74, 6) is 0.633. The maximum Gasteiger partial charge on any atom is 0.230 e. The van der Waals surface area contributed by atoms with E-state index >= 15 is 0 Å². The molecule has 0 N–H and O–H groups in total. The van der Waals surface area contributed by atoms with Crippen molar-refractivity contribution < 1.29 is 4.79 Å². The molecule has 0 saturated carbocycles. The number of rotatable bonds is 6. The Balaban J connectivity index is 1.37. The van der Waals surface area contributed by atoms with Crippen molar-refractivity contribution in [2.24, 2.45) is 11.8 Å². The number of carbonyl (C=O) groups excluding carboxylic acids is 1. The van der Waals surface area contributed by atoms with Gasteiger partial charge in [-0.3, -0.25) is 4.79 Å². The number of nitrogens with zero attached hydrogens (tertiary/aromatic N) is 4. The average molecular weight is 399 g/mol. The monoisotopic (exact) mass is 398 g/mol. The van der Waals surface area contributed by atoms with E-state index in [-0.39, 0.29) is 11.8 Å². The van der Waals surface area contributed by atoms with Gasteiger partial charge >= 0.3 is 0 Å². The highest BCUT2D eigenvalue weighted by molar-refractivity contribution is 5.95. The van der Waals surface area contributed by atoms with Crippen molar-refractivity contribution in [2.45, 2.75) is 32.7 Å². The molecular formula is C25H26N4O. The fourth-order valence-electron chi connectivity index (χ4n) is 4.27. The van der Waals surface area contributed by atoms with Gasteiger partial charge in [-0.1, -0.05) is 37.3 Å². The first kappa shape index (κ1) is 19.9. The first-order valence-electron chi connectivity index (χ1n) is 10.5. The lowest BCUT2D eigenvalue weighted by molar-refractivity contribution is -0.125. The number of piperidine rings is 1. The number of carbonyl (C=O) groups is 1. The van der Waals surface area contributed by atoms with Gasteiger partial charge < -0.3 is 9.47 Å². The fourth-order valence-corrected chi connectivity index (χ4v) is 4.27. The summed E-state index contributed by atoms with van der Waals surface area (Å²) in [7, 11) is 0. The van der Waals surface area contributed by atoms with Crippen molar-refractivity contribution in [1.29, 1.82) is 5.26 Å². The summed E-state index contributed by atoms with van der Waals surface area (Å²) >= 11 is 0. The molecule has 0 spiro atoms. The highest BCUT2D eigenvalue weighted by Gasteiger charge is 2.33. The Morgan fingerprint density at radius 3 is 2.63 bits per heavy atom. The van der Waals surface area contributed by atoms with E-state index in [1.54, 1.807) is 0 Å². The Hall–Kier alpha value is -3.39. The molecule has 1 amide bonds. The zero-order chi connectivity index (χ0) is 20.9. The Morgan fingerprint density at radius 1 is 1.13 bits per heavy atom. The summed E-state index contributed by atoms with van der Waals surface area (Å²) < 4.78 is 2.16. The van der Waals surface area contributed by atoms with E-state index in [1.807, 2.05) is 72.0 Å². The number of benzene rings is 2. The zero-order valence-electron chi connectivity index (χ0n) is 17.2. The number of nitriles is 1. The molecule has 5 heteroatoms. The lowest BCUT2D eigenvalue weighted by Gasteiger charge is -2.36. The fraction of sp³-hybridized carbons (Fsp3) is 0.320. The Kier molecular flexibility index (Phi) is 5.94. The van der Waals surface area contributed by atoms with Crippen LogP contribution in [0.5, 0.6) is 0 Å². The van der Waals surface area contributed by atoms with Crippen LogP contribution in [0.25, 0.3) is 0 Å². The van der Waals surface area contributed by atoms with E-state index in [4.69, 9.17) is 5.26 Å². The first-order valence-corrected chi connectivity index (χ1v) is 10.5. The van der Waals surface area contributed by atoms with Crippen LogP contribution in [-0.4, -0.2) is 22.0 Å². The van der Waals surface area contributed by atoms with E-state index in [1.165, 1.54) is 5.69 Å². The lowest BCUT2D eigenvalue weighted by Crippen LogP contribution is -2.44. The summed E-state index contributed by atoms with van der Waals surface area (Å²) in [4.78, 5) is 19.2. The largest absolute Gasteiger partial charge is 0.330 e. The molecule has 1 saturated heterocycles. The molecule has 1 aliphatic rings.